The Labute approximate surface area is 151 Å². The van der Waals surface area contributed by atoms with E-state index in [1.165, 1.54) is 0 Å². The highest BCUT2D eigenvalue weighted by Gasteiger charge is 2.29. The van der Waals surface area contributed by atoms with Crippen LogP contribution in [0.3, 0.4) is 0 Å². The van der Waals surface area contributed by atoms with Crippen LogP contribution in [0.1, 0.15) is 22.8 Å². The zero-order valence-corrected chi connectivity index (χ0v) is 14.6. The summed E-state index contributed by atoms with van der Waals surface area (Å²) in [7, 11) is 0. The molecule has 1 aliphatic rings. The van der Waals surface area contributed by atoms with E-state index in [4.69, 9.17) is 5.73 Å². The summed E-state index contributed by atoms with van der Waals surface area (Å²) in [5.41, 5.74) is 8.07. The highest BCUT2D eigenvalue weighted by Crippen LogP contribution is 2.22. The van der Waals surface area contributed by atoms with Gasteiger partial charge in [0, 0.05) is 50.2 Å². The minimum atomic E-state index is 0.0421. The number of carbonyl (C=O) groups excluding carboxylic acids is 1. The largest absolute Gasteiger partial charge is 0.347 e. The summed E-state index contributed by atoms with van der Waals surface area (Å²) in [5, 5.41) is 8.12. The highest BCUT2D eigenvalue weighted by atomic mass is 16.2. The molecule has 1 aromatic carbocycles. The van der Waals surface area contributed by atoms with Gasteiger partial charge >= 0.3 is 0 Å². The van der Waals surface area contributed by atoms with Gasteiger partial charge in [0.2, 0.25) is 5.65 Å². The van der Waals surface area contributed by atoms with E-state index in [9.17, 15) is 4.79 Å². The Balaban J connectivity index is 1.53. The molecule has 0 bridgehead atoms. The second kappa shape index (κ2) is 6.72. The van der Waals surface area contributed by atoms with Crippen molar-refractivity contribution in [2.75, 3.05) is 24.5 Å². The Hall–Kier alpha value is -3.00. The second-order valence-corrected chi connectivity index (χ2v) is 6.51. The predicted molar refractivity (Wildman–Crippen MR) is 97.8 cm³/mol. The first-order chi connectivity index (χ1) is 12.7. The lowest BCUT2D eigenvalue weighted by Gasteiger charge is -2.40. The normalized spacial score (nSPS) is 17.7. The minimum absolute atomic E-state index is 0.0421. The maximum atomic E-state index is 12.9. The Kier molecular flexibility index (Phi) is 4.26. The number of hydrogen-bond donors (Lipinski definition) is 1. The first-order valence-corrected chi connectivity index (χ1v) is 8.66. The molecule has 26 heavy (non-hydrogen) atoms. The first kappa shape index (κ1) is 16.5. The molecule has 2 aromatic heterocycles. The van der Waals surface area contributed by atoms with Crippen molar-refractivity contribution in [3.05, 3.63) is 54.1 Å². The maximum Gasteiger partial charge on any atom is 0.253 e. The highest BCUT2D eigenvalue weighted by molar-refractivity contribution is 5.94. The van der Waals surface area contributed by atoms with E-state index in [2.05, 4.69) is 27.0 Å². The minimum Gasteiger partial charge on any atom is -0.347 e. The molecule has 3 heterocycles. The number of nitrogens with two attached hydrogens (primary N) is 1. The van der Waals surface area contributed by atoms with E-state index in [1.54, 1.807) is 12.5 Å². The molecule has 8 nitrogen and oxygen atoms in total. The SMILES string of the molecule is CC1CN(C(=O)c2cccc(CN)c2)CCN1c1nccn2cnnc12. The summed E-state index contributed by atoms with van der Waals surface area (Å²) >= 11 is 0. The van der Waals surface area contributed by atoms with Crippen molar-refractivity contribution in [1.29, 1.82) is 0 Å². The monoisotopic (exact) mass is 351 g/mol. The molecule has 0 spiro atoms. The van der Waals surface area contributed by atoms with Crippen molar-refractivity contribution in [3.8, 4) is 0 Å². The summed E-state index contributed by atoms with van der Waals surface area (Å²) in [5.74, 6) is 0.843. The van der Waals surface area contributed by atoms with Crippen molar-refractivity contribution in [2.24, 2.45) is 5.73 Å². The Bertz CT molecular complexity index is 938. The van der Waals surface area contributed by atoms with Crippen molar-refractivity contribution in [2.45, 2.75) is 19.5 Å². The Morgan fingerprint density at radius 1 is 1.35 bits per heavy atom. The average Bonchev–Trinajstić information content (AvgIpc) is 3.16. The fraction of sp³-hybridized carbons (Fsp3) is 0.333. The average molecular weight is 351 g/mol. The number of aromatic nitrogens is 4. The third kappa shape index (κ3) is 2.88. The predicted octanol–water partition coefficient (Wildman–Crippen LogP) is 0.934. The van der Waals surface area contributed by atoms with Crippen LogP contribution in [-0.2, 0) is 6.54 Å². The molecule has 0 aliphatic carbocycles. The van der Waals surface area contributed by atoms with Gasteiger partial charge in [0.1, 0.15) is 6.33 Å². The van der Waals surface area contributed by atoms with Crippen LogP contribution in [0.4, 0.5) is 5.82 Å². The van der Waals surface area contributed by atoms with E-state index in [0.717, 1.165) is 17.0 Å². The van der Waals surface area contributed by atoms with Gasteiger partial charge in [-0.2, -0.15) is 0 Å². The van der Waals surface area contributed by atoms with Gasteiger partial charge in [0.05, 0.1) is 0 Å². The summed E-state index contributed by atoms with van der Waals surface area (Å²) in [4.78, 5) is 21.4. The van der Waals surface area contributed by atoms with Crippen molar-refractivity contribution in [3.63, 3.8) is 0 Å². The van der Waals surface area contributed by atoms with Crippen LogP contribution in [0.2, 0.25) is 0 Å². The number of piperazine rings is 1. The number of fused-ring (bicyclic) bond motifs is 1. The molecule has 1 aliphatic heterocycles. The van der Waals surface area contributed by atoms with Crippen LogP contribution in [0.25, 0.3) is 5.65 Å². The van der Waals surface area contributed by atoms with Crippen LogP contribution in [0.15, 0.2) is 43.0 Å². The quantitative estimate of drug-likeness (QED) is 0.755. The van der Waals surface area contributed by atoms with Crippen LogP contribution >= 0.6 is 0 Å². The van der Waals surface area contributed by atoms with Crippen LogP contribution < -0.4 is 10.6 Å². The molecular formula is C18H21N7O. The summed E-state index contributed by atoms with van der Waals surface area (Å²) in [6.45, 7) is 4.48. The van der Waals surface area contributed by atoms with Gasteiger partial charge in [0.15, 0.2) is 5.82 Å². The molecule has 8 heteroatoms. The molecule has 1 amide bonds. The fourth-order valence-electron chi connectivity index (χ4n) is 3.42. The number of nitrogens with zero attached hydrogens (tertiary/aromatic N) is 6. The molecule has 2 N–H and O–H groups in total. The smallest absolute Gasteiger partial charge is 0.253 e. The molecule has 1 unspecified atom stereocenters. The molecule has 1 atom stereocenters. The standard InChI is InChI=1S/C18H21N7O/c1-13-11-23(18(26)15-4-2-3-14(9-15)10-19)7-8-25(13)16-17-22-21-12-24(17)6-5-20-16/h2-6,9,12-13H,7-8,10-11,19H2,1H3. The Morgan fingerprint density at radius 2 is 2.23 bits per heavy atom. The molecule has 0 radical (unpaired) electrons. The zero-order chi connectivity index (χ0) is 18.1. The number of amides is 1. The van der Waals surface area contributed by atoms with E-state index in [-0.39, 0.29) is 11.9 Å². The third-order valence-corrected chi connectivity index (χ3v) is 4.79. The van der Waals surface area contributed by atoms with Gasteiger partial charge < -0.3 is 15.5 Å². The van der Waals surface area contributed by atoms with E-state index >= 15 is 0 Å². The van der Waals surface area contributed by atoms with E-state index < -0.39 is 0 Å². The number of anilines is 1. The van der Waals surface area contributed by atoms with E-state index in [1.807, 2.05) is 39.8 Å². The van der Waals surface area contributed by atoms with Crippen LogP contribution in [-0.4, -0.2) is 56.1 Å². The number of hydrogen-bond acceptors (Lipinski definition) is 6. The van der Waals surface area contributed by atoms with E-state index in [0.29, 0.717) is 31.7 Å². The zero-order valence-electron chi connectivity index (χ0n) is 14.6. The van der Waals surface area contributed by atoms with Gasteiger partial charge in [-0.1, -0.05) is 12.1 Å². The molecule has 134 valence electrons. The molecule has 1 saturated heterocycles. The van der Waals surface area contributed by atoms with Gasteiger partial charge in [-0.25, -0.2) is 4.98 Å². The van der Waals surface area contributed by atoms with Crippen molar-refractivity contribution in [1.82, 2.24) is 24.5 Å². The molecule has 0 saturated carbocycles. The van der Waals surface area contributed by atoms with Gasteiger partial charge in [-0.3, -0.25) is 9.20 Å². The van der Waals surface area contributed by atoms with Crippen molar-refractivity contribution < 1.29 is 4.79 Å². The van der Waals surface area contributed by atoms with Crippen LogP contribution in [0, 0.1) is 0 Å². The van der Waals surface area contributed by atoms with Crippen LogP contribution in [0.5, 0.6) is 0 Å². The first-order valence-electron chi connectivity index (χ1n) is 8.66. The summed E-state index contributed by atoms with van der Waals surface area (Å²) in [6.07, 6.45) is 5.23. The maximum absolute atomic E-state index is 12.9. The lowest BCUT2D eigenvalue weighted by atomic mass is 10.1. The lowest BCUT2D eigenvalue weighted by Crippen LogP contribution is -2.54. The lowest BCUT2D eigenvalue weighted by molar-refractivity contribution is 0.0726. The number of rotatable bonds is 3. The second-order valence-electron chi connectivity index (χ2n) is 6.51. The molecule has 1 fully saturated rings. The van der Waals surface area contributed by atoms with Gasteiger partial charge in [0.25, 0.3) is 5.91 Å². The number of carbonyl (C=O) groups is 1. The third-order valence-electron chi connectivity index (χ3n) is 4.79. The molecular weight excluding hydrogens is 330 g/mol. The Morgan fingerprint density at radius 3 is 3.04 bits per heavy atom. The summed E-state index contributed by atoms with van der Waals surface area (Å²) in [6, 6.07) is 7.66. The van der Waals surface area contributed by atoms with Crippen molar-refractivity contribution >= 4 is 17.4 Å². The molecule has 4 rings (SSSR count). The van der Waals surface area contributed by atoms with Gasteiger partial charge in [-0.05, 0) is 24.6 Å². The van der Waals surface area contributed by atoms with Gasteiger partial charge in [-0.15, -0.1) is 10.2 Å². The molecule has 3 aromatic rings. The summed E-state index contributed by atoms with van der Waals surface area (Å²) < 4.78 is 1.85. The fourth-order valence-corrected chi connectivity index (χ4v) is 3.42. The number of benzene rings is 1. The topological polar surface area (TPSA) is 92.7 Å².